The van der Waals surface area contributed by atoms with E-state index in [1.54, 1.807) is 10.9 Å². The van der Waals surface area contributed by atoms with Crippen molar-refractivity contribution in [3.8, 4) is 16.9 Å². The van der Waals surface area contributed by atoms with Gasteiger partial charge in [0.1, 0.15) is 17.7 Å². The van der Waals surface area contributed by atoms with Crippen LogP contribution in [-0.2, 0) is 7.05 Å². The molecule has 2 N–H and O–H groups in total. The molecule has 0 amide bonds. The van der Waals surface area contributed by atoms with Gasteiger partial charge in [0.15, 0.2) is 0 Å². The Bertz CT molecular complexity index is 591. The molecule has 0 radical (unpaired) electrons. The van der Waals surface area contributed by atoms with E-state index in [1.807, 2.05) is 43.1 Å². The zero-order valence-electron chi connectivity index (χ0n) is 11.6. The standard InChI is InChI=1S/C15H19N3OS/c1-18-15(16)13(10-17-18)12-4-2-3-5-14(12)19-11-6-8-20-9-7-11/h2-5,10-11H,6-9,16H2,1H3. The number of anilines is 1. The van der Waals surface area contributed by atoms with Gasteiger partial charge in [-0.15, -0.1) is 0 Å². The molecule has 2 aromatic rings. The molecular formula is C15H19N3OS. The lowest BCUT2D eigenvalue weighted by atomic mass is 10.1. The van der Waals surface area contributed by atoms with Crippen molar-refractivity contribution in [3.05, 3.63) is 30.5 Å². The minimum atomic E-state index is 0.315. The smallest absolute Gasteiger partial charge is 0.129 e. The summed E-state index contributed by atoms with van der Waals surface area (Å²) >= 11 is 2.00. The fourth-order valence-electron chi connectivity index (χ4n) is 2.42. The van der Waals surface area contributed by atoms with Gasteiger partial charge >= 0.3 is 0 Å². The van der Waals surface area contributed by atoms with Crippen LogP contribution in [0.15, 0.2) is 30.5 Å². The molecule has 1 aliphatic rings. The van der Waals surface area contributed by atoms with Crippen LogP contribution in [0.5, 0.6) is 5.75 Å². The third-order valence-electron chi connectivity index (χ3n) is 3.62. The molecule has 1 aromatic carbocycles. The monoisotopic (exact) mass is 289 g/mol. The van der Waals surface area contributed by atoms with E-state index in [0.29, 0.717) is 11.9 Å². The van der Waals surface area contributed by atoms with Gasteiger partial charge in [0.2, 0.25) is 0 Å². The maximum absolute atomic E-state index is 6.20. The second-order valence-electron chi connectivity index (χ2n) is 4.99. The van der Waals surface area contributed by atoms with Crippen molar-refractivity contribution >= 4 is 17.6 Å². The molecule has 0 bridgehead atoms. The summed E-state index contributed by atoms with van der Waals surface area (Å²) in [5, 5.41) is 4.21. The number of nitrogen functional groups attached to an aromatic ring is 1. The van der Waals surface area contributed by atoms with Crippen molar-refractivity contribution in [1.29, 1.82) is 0 Å². The van der Waals surface area contributed by atoms with Gasteiger partial charge in [-0.1, -0.05) is 18.2 Å². The Morgan fingerprint density at radius 2 is 2.00 bits per heavy atom. The molecule has 1 saturated heterocycles. The van der Waals surface area contributed by atoms with E-state index < -0.39 is 0 Å². The Balaban J connectivity index is 1.90. The predicted molar refractivity (Wildman–Crippen MR) is 84.0 cm³/mol. The van der Waals surface area contributed by atoms with E-state index in [4.69, 9.17) is 10.5 Å². The SMILES string of the molecule is Cn1ncc(-c2ccccc2OC2CCSCC2)c1N. The number of ether oxygens (including phenoxy) is 1. The number of para-hydroxylation sites is 1. The van der Waals surface area contributed by atoms with Gasteiger partial charge in [-0.05, 0) is 30.4 Å². The Kier molecular flexibility index (Phi) is 3.87. The van der Waals surface area contributed by atoms with Gasteiger partial charge < -0.3 is 10.5 Å². The minimum absolute atomic E-state index is 0.315. The number of nitrogens with two attached hydrogens (primary N) is 1. The van der Waals surface area contributed by atoms with Gasteiger partial charge in [-0.3, -0.25) is 4.68 Å². The highest BCUT2D eigenvalue weighted by molar-refractivity contribution is 7.99. The van der Waals surface area contributed by atoms with E-state index in [0.717, 1.165) is 29.7 Å². The number of benzene rings is 1. The summed E-state index contributed by atoms with van der Waals surface area (Å²) in [4.78, 5) is 0. The molecule has 106 valence electrons. The van der Waals surface area contributed by atoms with Crippen LogP contribution in [0.3, 0.4) is 0 Å². The lowest BCUT2D eigenvalue weighted by Gasteiger charge is -2.24. The van der Waals surface area contributed by atoms with Crippen molar-refractivity contribution in [1.82, 2.24) is 9.78 Å². The second kappa shape index (κ2) is 5.79. The van der Waals surface area contributed by atoms with Crippen LogP contribution >= 0.6 is 11.8 Å². The first kappa shape index (κ1) is 13.4. The summed E-state index contributed by atoms with van der Waals surface area (Å²) in [6, 6.07) is 8.07. The number of aromatic nitrogens is 2. The van der Waals surface area contributed by atoms with Crippen LogP contribution < -0.4 is 10.5 Å². The highest BCUT2D eigenvalue weighted by Crippen LogP contribution is 2.35. The first-order valence-electron chi connectivity index (χ1n) is 6.87. The molecule has 3 rings (SSSR count). The topological polar surface area (TPSA) is 53.1 Å². The molecule has 0 aliphatic carbocycles. The van der Waals surface area contributed by atoms with E-state index in [1.165, 1.54) is 11.5 Å². The molecule has 20 heavy (non-hydrogen) atoms. The van der Waals surface area contributed by atoms with E-state index in [9.17, 15) is 0 Å². The highest BCUT2D eigenvalue weighted by Gasteiger charge is 2.18. The van der Waals surface area contributed by atoms with Crippen molar-refractivity contribution in [3.63, 3.8) is 0 Å². The largest absolute Gasteiger partial charge is 0.490 e. The Labute approximate surface area is 123 Å². The van der Waals surface area contributed by atoms with Gasteiger partial charge in [0.05, 0.1) is 6.20 Å². The van der Waals surface area contributed by atoms with Crippen LogP contribution in [0.1, 0.15) is 12.8 Å². The zero-order chi connectivity index (χ0) is 13.9. The number of rotatable bonds is 3. The third-order valence-corrected chi connectivity index (χ3v) is 4.67. The number of thioether (sulfide) groups is 1. The van der Waals surface area contributed by atoms with Crippen LogP contribution in [-0.4, -0.2) is 27.4 Å². The average Bonchev–Trinajstić information content (AvgIpc) is 2.81. The Morgan fingerprint density at radius 3 is 2.70 bits per heavy atom. The summed E-state index contributed by atoms with van der Waals surface area (Å²) in [7, 11) is 1.85. The Morgan fingerprint density at radius 1 is 1.25 bits per heavy atom. The molecule has 0 atom stereocenters. The summed E-state index contributed by atoms with van der Waals surface area (Å²) in [5.41, 5.74) is 8.04. The number of hydrogen-bond donors (Lipinski definition) is 1. The van der Waals surface area contributed by atoms with Crippen LogP contribution in [0, 0.1) is 0 Å². The first-order chi connectivity index (χ1) is 9.75. The quantitative estimate of drug-likeness (QED) is 0.944. The van der Waals surface area contributed by atoms with Crippen molar-refractivity contribution in [2.45, 2.75) is 18.9 Å². The van der Waals surface area contributed by atoms with Crippen LogP contribution in [0.2, 0.25) is 0 Å². The fourth-order valence-corrected chi connectivity index (χ4v) is 3.48. The molecule has 1 aliphatic heterocycles. The predicted octanol–water partition coefficient (Wildman–Crippen LogP) is 2.94. The van der Waals surface area contributed by atoms with Crippen LogP contribution in [0.25, 0.3) is 11.1 Å². The van der Waals surface area contributed by atoms with Gasteiger partial charge in [-0.25, -0.2) is 0 Å². The second-order valence-corrected chi connectivity index (χ2v) is 6.22. The van der Waals surface area contributed by atoms with Gasteiger partial charge in [-0.2, -0.15) is 16.9 Å². The molecule has 5 heteroatoms. The fraction of sp³-hybridized carbons (Fsp3) is 0.400. The summed E-state index contributed by atoms with van der Waals surface area (Å²) in [6.45, 7) is 0. The summed E-state index contributed by atoms with van der Waals surface area (Å²) in [6.07, 6.45) is 4.34. The third kappa shape index (κ3) is 2.63. The van der Waals surface area contributed by atoms with E-state index >= 15 is 0 Å². The van der Waals surface area contributed by atoms with Crippen molar-refractivity contribution in [2.75, 3.05) is 17.2 Å². The highest BCUT2D eigenvalue weighted by atomic mass is 32.2. The van der Waals surface area contributed by atoms with E-state index in [-0.39, 0.29) is 0 Å². The average molecular weight is 289 g/mol. The molecule has 1 aromatic heterocycles. The normalized spacial score (nSPS) is 16.2. The lowest BCUT2D eigenvalue weighted by Crippen LogP contribution is -2.22. The summed E-state index contributed by atoms with van der Waals surface area (Å²) in [5.74, 6) is 3.94. The van der Waals surface area contributed by atoms with Crippen molar-refractivity contribution < 1.29 is 4.74 Å². The first-order valence-corrected chi connectivity index (χ1v) is 8.02. The number of hydrogen-bond acceptors (Lipinski definition) is 4. The molecule has 2 heterocycles. The molecular weight excluding hydrogens is 270 g/mol. The zero-order valence-corrected chi connectivity index (χ0v) is 12.4. The molecule has 4 nitrogen and oxygen atoms in total. The maximum Gasteiger partial charge on any atom is 0.129 e. The van der Waals surface area contributed by atoms with Crippen molar-refractivity contribution in [2.24, 2.45) is 7.05 Å². The maximum atomic E-state index is 6.20. The minimum Gasteiger partial charge on any atom is -0.490 e. The molecule has 1 fully saturated rings. The van der Waals surface area contributed by atoms with Gasteiger partial charge in [0, 0.05) is 18.2 Å². The summed E-state index contributed by atoms with van der Waals surface area (Å²) < 4.78 is 7.88. The molecule has 0 spiro atoms. The van der Waals surface area contributed by atoms with Crippen LogP contribution in [0.4, 0.5) is 5.82 Å². The Hall–Kier alpha value is -1.62. The van der Waals surface area contributed by atoms with E-state index in [2.05, 4.69) is 5.10 Å². The molecule has 0 unspecified atom stereocenters. The number of aryl methyl sites for hydroxylation is 1. The van der Waals surface area contributed by atoms with Gasteiger partial charge in [0.25, 0.3) is 0 Å². The lowest BCUT2D eigenvalue weighted by molar-refractivity contribution is 0.193. The molecule has 0 saturated carbocycles. The number of nitrogens with zero attached hydrogens (tertiary/aromatic N) is 2.